The number of nitrogens with two attached hydrogens (primary N) is 1. The van der Waals surface area contributed by atoms with Crippen LogP contribution in [-0.2, 0) is 0 Å². The minimum Gasteiger partial charge on any atom is -0.352 e. The molecule has 0 saturated carbocycles. The molecule has 1 aromatic rings. The Bertz CT molecular complexity index is 296. The maximum atomic E-state index is 5.27. The SMILES string of the molecule is CCC(C)Nc1nc(NN)nc(SC)n1. The lowest BCUT2D eigenvalue weighted by Crippen LogP contribution is -2.18. The molecule has 0 radical (unpaired) electrons. The topological polar surface area (TPSA) is 88.8 Å². The van der Waals surface area contributed by atoms with Crippen molar-refractivity contribution in [1.29, 1.82) is 0 Å². The summed E-state index contributed by atoms with van der Waals surface area (Å²) in [7, 11) is 0. The summed E-state index contributed by atoms with van der Waals surface area (Å²) in [6.45, 7) is 4.16. The lowest BCUT2D eigenvalue weighted by molar-refractivity contribution is 0.743. The second-order valence-electron chi connectivity index (χ2n) is 3.07. The summed E-state index contributed by atoms with van der Waals surface area (Å²) in [6.07, 6.45) is 2.91. The van der Waals surface area contributed by atoms with Gasteiger partial charge in [0.25, 0.3) is 0 Å². The standard InChI is InChI=1S/C8H16N6S/c1-4-5(2)10-6-11-7(14-9)13-8(12-6)15-3/h5H,4,9H2,1-3H3,(H2,10,11,12,13,14). The molecule has 0 fully saturated rings. The van der Waals surface area contributed by atoms with E-state index in [9.17, 15) is 0 Å². The average molecular weight is 228 g/mol. The summed E-state index contributed by atoms with van der Waals surface area (Å²) < 4.78 is 0. The van der Waals surface area contributed by atoms with Crippen LogP contribution in [0.5, 0.6) is 0 Å². The number of hydrazine groups is 1. The first-order valence-electron chi connectivity index (χ1n) is 4.72. The van der Waals surface area contributed by atoms with Gasteiger partial charge in [-0.25, -0.2) is 5.84 Å². The van der Waals surface area contributed by atoms with Gasteiger partial charge in [-0.1, -0.05) is 18.7 Å². The average Bonchev–Trinajstić information content (AvgIpc) is 2.28. The van der Waals surface area contributed by atoms with Gasteiger partial charge >= 0.3 is 0 Å². The number of nitrogens with zero attached hydrogens (tertiary/aromatic N) is 3. The Hall–Kier alpha value is -1.08. The molecule has 0 saturated heterocycles. The number of hydrogen-bond acceptors (Lipinski definition) is 7. The fraction of sp³-hybridized carbons (Fsp3) is 0.625. The number of nitrogens with one attached hydrogen (secondary N) is 2. The minimum atomic E-state index is 0.327. The molecule has 4 N–H and O–H groups in total. The minimum absolute atomic E-state index is 0.327. The van der Waals surface area contributed by atoms with E-state index in [-0.39, 0.29) is 0 Å². The molecule has 0 spiro atoms. The highest BCUT2D eigenvalue weighted by atomic mass is 32.2. The zero-order valence-electron chi connectivity index (χ0n) is 9.11. The third-order valence-electron chi connectivity index (χ3n) is 1.91. The van der Waals surface area contributed by atoms with Crippen molar-refractivity contribution in [3.63, 3.8) is 0 Å². The van der Waals surface area contributed by atoms with Crippen LogP contribution in [0.4, 0.5) is 11.9 Å². The Morgan fingerprint density at radius 2 is 2.00 bits per heavy atom. The van der Waals surface area contributed by atoms with Gasteiger partial charge in [0, 0.05) is 6.04 Å². The van der Waals surface area contributed by atoms with Crippen LogP contribution in [0.3, 0.4) is 0 Å². The van der Waals surface area contributed by atoms with E-state index in [0.29, 0.717) is 23.1 Å². The van der Waals surface area contributed by atoms with E-state index in [2.05, 4.69) is 39.5 Å². The lowest BCUT2D eigenvalue weighted by Gasteiger charge is -2.12. The van der Waals surface area contributed by atoms with Gasteiger partial charge in [-0.15, -0.1) is 0 Å². The van der Waals surface area contributed by atoms with E-state index in [1.54, 1.807) is 0 Å². The second kappa shape index (κ2) is 5.72. The van der Waals surface area contributed by atoms with Crippen molar-refractivity contribution in [3.05, 3.63) is 0 Å². The van der Waals surface area contributed by atoms with Crippen LogP contribution in [0, 0.1) is 0 Å². The summed E-state index contributed by atoms with van der Waals surface area (Å²) in [5.74, 6) is 6.19. The molecule has 1 rings (SSSR count). The molecule has 6 nitrogen and oxygen atoms in total. The van der Waals surface area contributed by atoms with Crippen LogP contribution in [0.25, 0.3) is 0 Å². The lowest BCUT2D eigenvalue weighted by atomic mass is 10.3. The molecule has 0 aliphatic carbocycles. The number of nitrogen functional groups attached to an aromatic ring is 1. The highest BCUT2D eigenvalue weighted by molar-refractivity contribution is 7.98. The van der Waals surface area contributed by atoms with Crippen molar-refractivity contribution in [3.8, 4) is 0 Å². The Balaban J connectivity index is 2.86. The summed E-state index contributed by atoms with van der Waals surface area (Å²) in [6, 6.07) is 0.327. The van der Waals surface area contributed by atoms with Crippen molar-refractivity contribution in [2.45, 2.75) is 31.5 Å². The van der Waals surface area contributed by atoms with E-state index >= 15 is 0 Å². The molecule has 7 heteroatoms. The molecule has 84 valence electrons. The maximum absolute atomic E-state index is 5.27. The molecule has 15 heavy (non-hydrogen) atoms. The summed E-state index contributed by atoms with van der Waals surface area (Å²) in [4.78, 5) is 12.4. The first-order chi connectivity index (χ1) is 7.19. The van der Waals surface area contributed by atoms with E-state index in [4.69, 9.17) is 5.84 Å². The molecule has 0 aromatic carbocycles. The Labute approximate surface area is 93.4 Å². The molecule has 1 aromatic heterocycles. The number of thioether (sulfide) groups is 1. The molecule has 0 bridgehead atoms. The smallest absolute Gasteiger partial charge is 0.242 e. The predicted octanol–water partition coefficient (Wildman–Crippen LogP) is 1.09. The van der Waals surface area contributed by atoms with E-state index < -0.39 is 0 Å². The molecule has 0 aliphatic rings. The Kier molecular flexibility index (Phi) is 4.57. The van der Waals surface area contributed by atoms with Crippen molar-refractivity contribution in [1.82, 2.24) is 15.0 Å². The van der Waals surface area contributed by atoms with Crippen LogP contribution in [0.15, 0.2) is 5.16 Å². The van der Waals surface area contributed by atoms with Crippen LogP contribution < -0.4 is 16.6 Å². The van der Waals surface area contributed by atoms with Crippen LogP contribution in [-0.4, -0.2) is 27.2 Å². The van der Waals surface area contributed by atoms with Crippen molar-refractivity contribution in [2.24, 2.45) is 5.84 Å². The first-order valence-corrected chi connectivity index (χ1v) is 5.95. The number of anilines is 2. The molecule has 0 aliphatic heterocycles. The zero-order chi connectivity index (χ0) is 11.3. The number of aromatic nitrogens is 3. The highest BCUT2D eigenvalue weighted by Crippen LogP contribution is 2.13. The van der Waals surface area contributed by atoms with Crippen molar-refractivity contribution >= 4 is 23.7 Å². The third-order valence-corrected chi connectivity index (χ3v) is 2.46. The second-order valence-corrected chi connectivity index (χ2v) is 3.84. The van der Waals surface area contributed by atoms with Gasteiger partial charge in [0.15, 0.2) is 5.16 Å². The van der Waals surface area contributed by atoms with Crippen LogP contribution in [0.2, 0.25) is 0 Å². The van der Waals surface area contributed by atoms with E-state index in [1.165, 1.54) is 11.8 Å². The normalized spacial score (nSPS) is 12.3. The molecule has 0 amide bonds. The highest BCUT2D eigenvalue weighted by Gasteiger charge is 2.06. The molecular formula is C8H16N6S. The molecule has 1 heterocycles. The first kappa shape index (κ1) is 12.0. The maximum Gasteiger partial charge on any atom is 0.242 e. The van der Waals surface area contributed by atoms with Crippen molar-refractivity contribution < 1.29 is 0 Å². The Morgan fingerprint density at radius 1 is 1.33 bits per heavy atom. The van der Waals surface area contributed by atoms with Crippen LogP contribution in [0.1, 0.15) is 20.3 Å². The van der Waals surface area contributed by atoms with Gasteiger partial charge in [0.05, 0.1) is 0 Å². The fourth-order valence-corrected chi connectivity index (χ4v) is 1.25. The molecule has 1 unspecified atom stereocenters. The predicted molar refractivity (Wildman–Crippen MR) is 62.8 cm³/mol. The van der Waals surface area contributed by atoms with Crippen molar-refractivity contribution in [2.75, 3.05) is 17.0 Å². The van der Waals surface area contributed by atoms with Gasteiger partial charge < -0.3 is 5.32 Å². The summed E-state index contributed by atoms with van der Waals surface area (Å²) >= 11 is 1.45. The fourth-order valence-electron chi connectivity index (χ4n) is 0.899. The molecule has 1 atom stereocenters. The number of hydrogen-bond donors (Lipinski definition) is 3. The largest absolute Gasteiger partial charge is 0.352 e. The third kappa shape index (κ3) is 3.52. The van der Waals surface area contributed by atoms with Crippen LogP contribution >= 0.6 is 11.8 Å². The van der Waals surface area contributed by atoms with Gasteiger partial charge in [0.2, 0.25) is 11.9 Å². The Morgan fingerprint density at radius 3 is 2.53 bits per heavy atom. The van der Waals surface area contributed by atoms with E-state index in [1.807, 2.05) is 6.26 Å². The molecular weight excluding hydrogens is 212 g/mol. The van der Waals surface area contributed by atoms with Gasteiger partial charge in [-0.3, -0.25) is 5.43 Å². The summed E-state index contributed by atoms with van der Waals surface area (Å²) in [5.41, 5.74) is 2.42. The van der Waals surface area contributed by atoms with Gasteiger partial charge in [-0.2, -0.15) is 15.0 Å². The quantitative estimate of drug-likeness (QED) is 0.395. The monoisotopic (exact) mass is 228 g/mol. The zero-order valence-corrected chi connectivity index (χ0v) is 9.93. The summed E-state index contributed by atoms with van der Waals surface area (Å²) in [5, 5.41) is 3.81. The van der Waals surface area contributed by atoms with E-state index in [0.717, 1.165) is 6.42 Å². The van der Waals surface area contributed by atoms with Gasteiger partial charge in [-0.05, 0) is 19.6 Å². The van der Waals surface area contributed by atoms with Gasteiger partial charge in [0.1, 0.15) is 0 Å². The number of rotatable bonds is 5.